The number of nitrogens with one attached hydrogen (secondary N) is 1. The van der Waals surface area contributed by atoms with E-state index in [0.717, 1.165) is 32.1 Å². The average Bonchev–Trinajstić information content (AvgIpc) is 2.56. The molecule has 1 saturated carbocycles. The molecule has 0 aromatic carbocycles. The summed E-state index contributed by atoms with van der Waals surface area (Å²) in [6, 6.07) is -0.0301. The molecule has 18 heavy (non-hydrogen) atoms. The topological polar surface area (TPSA) is 95.3 Å². The molecule has 0 amide bonds. The summed E-state index contributed by atoms with van der Waals surface area (Å²) in [4.78, 5) is 18.4. The zero-order valence-corrected chi connectivity index (χ0v) is 10.0. The SMILES string of the molecule is O=C(O)c1cnc(NC2CCCCCC2O)cn1. The van der Waals surface area contributed by atoms with Crippen molar-refractivity contribution in [1.82, 2.24) is 9.97 Å². The van der Waals surface area contributed by atoms with Crippen molar-refractivity contribution in [1.29, 1.82) is 0 Å². The van der Waals surface area contributed by atoms with Crippen molar-refractivity contribution >= 4 is 11.8 Å². The Morgan fingerprint density at radius 3 is 2.67 bits per heavy atom. The van der Waals surface area contributed by atoms with Gasteiger partial charge in [0.1, 0.15) is 5.82 Å². The number of carboxylic acid groups (broad SMARTS) is 1. The maximum atomic E-state index is 10.6. The molecule has 2 unspecified atom stereocenters. The van der Waals surface area contributed by atoms with Gasteiger partial charge in [0.25, 0.3) is 0 Å². The van der Waals surface area contributed by atoms with Gasteiger partial charge in [-0.1, -0.05) is 19.3 Å². The van der Waals surface area contributed by atoms with Crippen LogP contribution < -0.4 is 5.32 Å². The number of hydrogen-bond donors (Lipinski definition) is 3. The maximum Gasteiger partial charge on any atom is 0.356 e. The van der Waals surface area contributed by atoms with Gasteiger partial charge in [-0.25, -0.2) is 14.8 Å². The highest BCUT2D eigenvalue weighted by Crippen LogP contribution is 2.20. The summed E-state index contributed by atoms with van der Waals surface area (Å²) < 4.78 is 0. The lowest BCUT2D eigenvalue weighted by Crippen LogP contribution is -2.32. The lowest BCUT2D eigenvalue weighted by atomic mass is 10.1. The predicted octanol–water partition coefficient (Wildman–Crippen LogP) is 1.28. The molecular formula is C12H17N3O3. The quantitative estimate of drug-likeness (QED) is 0.700. The monoisotopic (exact) mass is 251 g/mol. The number of carbonyl (C=O) groups is 1. The molecule has 1 aliphatic rings. The third-order valence-corrected chi connectivity index (χ3v) is 3.18. The van der Waals surface area contributed by atoms with Crippen LogP contribution in [0.25, 0.3) is 0 Å². The van der Waals surface area contributed by atoms with Gasteiger partial charge in [0.2, 0.25) is 0 Å². The fraction of sp³-hybridized carbons (Fsp3) is 0.583. The molecule has 6 heteroatoms. The second kappa shape index (κ2) is 5.77. The van der Waals surface area contributed by atoms with Crippen LogP contribution in [0, 0.1) is 0 Å². The summed E-state index contributed by atoms with van der Waals surface area (Å²) in [5.74, 6) is -0.588. The minimum Gasteiger partial charge on any atom is -0.476 e. The fourth-order valence-corrected chi connectivity index (χ4v) is 2.16. The van der Waals surface area contributed by atoms with E-state index in [1.807, 2.05) is 0 Å². The molecule has 0 radical (unpaired) electrons. The van der Waals surface area contributed by atoms with Crippen molar-refractivity contribution in [3.8, 4) is 0 Å². The highest BCUT2D eigenvalue weighted by molar-refractivity contribution is 5.84. The summed E-state index contributed by atoms with van der Waals surface area (Å²) in [6.45, 7) is 0. The molecule has 0 aliphatic heterocycles. The van der Waals surface area contributed by atoms with Gasteiger partial charge in [0.05, 0.1) is 24.5 Å². The van der Waals surface area contributed by atoms with Crippen molar-refractivity contribution in [3.05, 3.63) is 18.1 Å². The number of aliphatic hydroxyl groups excluding tert-OH is 1. The molecule has 3 N–H and O–H groups in total. The Bertz CT molecular complexity index is 408. The molecule has 6 nitrogen and oxygen atoms in total. The number of hydrogen-bond acceptors (Lipinski definition) is 5. The van der Waals surface area contributed by atoms with E-state index < -0.39 is 5.97 Å². The first-order valence-corrected chi connectivity index (χ1v) is 6.17. The number of rotatable bonds is 3. The zero-order chi connectivity index (χ0) is 13.0. The van der Waals surface area contributed by atoms with Crippen molar-refractivity contribution < 1.29 is 15.0 Å². The van der Waals surface area contributed by atoms with E-state index in [1.54, 1.807) is 0 Å². The first kappa shape index (κ1) is 12.8. The minimum atomic E-state index is -1.09. The summed E-state index contributed by atoms with van der Waals surface area (Å²) in [7, 11) is 0. The van der Waals surface area contributed by atoms with Crippen LogP contribution in [0.2, 0.25) is 0 Å². The predicted molar refractivity (Wildman–Crippen MR) is 65.5 cm³/mol. The van der Waals surface area contributed by atoms with Gasteiger partial charge in [-0.05, 0) is 12.8 Å². The maximum absolute atomic E-state index is 10.6. The Morgan fingerprint density at radius 2 is 2.00 bits per heavy atom. The number of nitrogens with zero attached hydrogens (tertiary/aromatic N) is 2. The highest BCUT2D eigenvalue weighted by Gasteiger charge is 2.21. The fourth-order valence-electron chi connectivity index (χ4n) is 2.16. The zero-order valence-electron chi connectivity index (χ0n) is 10.0. The Labute approximate surface area is 105 Å². The minimum absolute atomic E-state index is 0.0301. The lowest BCUT2D eigenvalue weighted by molar-refractivity contribution is 0.0690. The normalized spacial score (nSPS) is 24.3. The first-order valence-electron chi connectivity index (χ1n) is 6.17. The van der Waals surface area contributed by atoms with E-state index in [-0.39, 0.29) is 17.8 Å². The summed E-state index contributed by atoms with van der Waals surface area (Å²) in [6.07, 6.45) is 7.17. The third kappa shape index (κ3) is 3.16. The van der Waals surface area contributed by atoms with Gasteiger partial charge >= 0.3 is 5.97 Å². The van der Waals surface area contributed by atoms with E-state index in [4.69, 9.17) is 5.11 Å². The smallest absolute Gasteiger partial charge is 0.356 e. The van der Waals surface area contributed by atoms with Crippen molar-refractivity contribution in [2.24, 2.45) is 0 Å². The molecule has 0 saturated heterocycles. The lowest BCUT2D eigenvalue weighted by Gasteiger charge is -2.21. The number of aliphatic hydroxyl groups is 1. The Balaban J connectivity index is 2.01. The van der Waals surface area contributed by atoms with Gasteiger partial charge in [-0.2, -0.15) is 0 Å². The molecule has 1 fully saturated rings. The van der Waals surface area contributed by atoms with Crippen molar-refractivity contribution in [2.75, 3.05) is 5.32 Å². The Hall–Kier alpha value is -1.69. The summed E-state index contributed by atoms with van der Waals surface area (Å²) >= 11 is 0. The van der Waals surface area contributed by atoms with E-state index in [1.165, 1.54) is 12.4 Å². The van der Waals surface area contributed by atoms with Gasteiger partial charge in [0, 0.05) is 0 Å². The second-order valence-electron chi connectivity index (χ2n) is 4.55. The molecule has 1 aliphatic carbocycles. The van der Waals surface area contributed by atoms with Crippen LogP contribution in [0.15, 0.2) is 12.4 Å². The van der Waals surface area contributed by atoms with Crippen LogP contribution in [0.4, 0.5) is 5.82 Å². The van der Waals surface area contributed by atoms with Crippen LogP contribution in [0.5, 0.6) is 0 Å². The van der Waals surface area contributed by atoms with E-state index in [9.17, 15) is 9.90 Å². The Kier molecular flexibility index (Phi) is 4.09. The molecule has 98 valence electrons. The number of aromatic nitrogens is 2. The molecule has 1 aromatic rings. The number of aromatic carboxylic acids is 1. The van der Waals surface area contributed by atoms with Crippen molar-refractivity contribution in [2.45, 2.75) is 44.2 Å². The number of carboxylic acids is 1. The van der Waals surface area contributed by atoms with Gasteiger partial charge in [0.15, 0.2) is 5.69 Å². The van der Waals surface area contributed by atoms with Crippen LogP contribution >= 0.6 is 0 Å². The van der Waals surface area contributed by atoms with Gasteiger partial charge in [-0.3, -0.25) is 0 Å². The Morgan fingerprint density at radius 1 is 1.22 bits per heavy atom. The van der Waals surface area contributed by atoms with Crippen LogP contribution in [0.1, 0.15) is 42.6 Å². The van der Waals surface area contributed by atoms with Gasteiger partial charge < -0.3 is 15.5 Å². The summed E-state index contributed by atoms with van der Waals surface area (Å²) in [5.41, 5.74) is -0.0815. The molecular weight excluding hydrogens is 234 g/mol. The first-order chi connectivity index (χ1) is 8.66. The number of anilines is 1. The molecule has 1 aromatic heterocycles. The van der Waals surface area contributed by atoms with Crippen LogP contribution in [-0.4, -0.2) is 38.3 Å². The van der Waals surface area contributed by atoms with Crippen LogP contribution in [0.3, 0.4) is 0 Å². The van der Waals surface area contributed by atoms with E-state index in [0.29, 0.717) is 5.82 Å². The second-order valence-corrected chi connectivity index (χ2v) is 4.55. The molecule has 0 bridgehead atoms. The van der Waals surface area contributed by atoms with Gasteiger partial charge in [-0.15, -0.1) is 0 Å². The molecule has 2 rings (SSSR count). The van der Waals surface area contributed by atoms with Crippen molar-refractivity contribution in [3.63, 3.8) is 0 Å². The van der Waals surface area contributed by atoms with E-state index in [2.05, 4.69) is 15.3 Å². The van der Waals surface area contributed by atoms with Crippen LogP contribution in [-0.2, 0) is 0 Å². The molecule has 1 heterocycles. The molecule has 0 spiro atoms. The third-order valence-electron chi connectivity index (χ3n) is 3.18. The largest absolute Gasteiger partial charge is 0.476 e. The average molecular weight is 251 g/mol. The summed E-state index contributed by atoms with van der Waals surface area (Å²) in [5, 5.41) is 21.8. The van der Waals surface area contributed by atoms with E-state index >= 15 is 0 Å². The highest BCUT2D eigenvalue weighted by atomic mass is 16.4. The molecule has 2 atom stereocenters. The standard InChI is InChI=1S/C12H17N3O3/c16-10-5-3-1-2-4-8(10)15-11-7-13-9(6-14-11)12(17)18/h6-8,10,16H,1-5H2,(H,14,15)(H,17,18).